The van der Waals surface area contributed by atoms with E-state index >= 15 is 0 Å². The standard InChI is InChI=1S/C12H23N3O2S/c1-5-15-12(9-10(2)14-15)11(13-3)7-6-8-18(4,16)17/h9,11,13H,5-8H2,1-4H3. The van der Waals surface area contributed by atoms with E-state index in [1.807, 2.05) is 18.7 Å². The van der Waals surface area contributed by atoms with Crippen molar-refractivity contribution in [3.8, 4) is 0 Å². The first-order valence-electron chi connectivity index (χ1n) is 6.26. The highest BCUT2D eigenvalue weighted by Gasteiger charge is 2.15. The molecule has 0 aromatic carbocycles. The van der Waals surface area contributed by atoms with Gasteiger partial charge in [-0.1, -0.05) is 0 Å². The number of sulfone groups is 1. The topological polar surface area (TPSA) is 64.0 Å². The number of nitrogens with one attached hydrogen (secondary N) is 1. The van der Waals surface area contributed by atoms with Gasteiger partial charge >= 0.3 is 0 Å². The van der Waals surface area contributed by atoms with Crippen LogP contribution in [0.15, 0.2) is 6.07 Å². The fraction of sp³-hybridized carbons (Fsp3) is 0.750. The predicted molar refractivity (Wildman–Crippen MR) is 73.4 cm³/mol. The predicted octanol–water partition coefficient (Wildman–Crippen LogP) is 1.30. The van der Waals surface area contributed by atoms with Crippen LogP contribution in [0.5, 0.6) is 0 Å². The summed E-state index contributed by atoms with van der Waals surface area (Å²) in [6.07, 6.45) is 2.74. The van der Waals surface area contributed by atoms with Crippen molar-refractivity contribution in [1.29, 1.82) is 0 Å². The van der Waals surface area contributed by atoms with Crippen molar-refractivity contribution in [1.82, 2.24) is 15.1 Å². The van der Waals surface area contributed by atoms with Gasteiger partial charge in [-0.3, -0.25) is 4.68 Å². The number of hydrogen-bond acceptors (Lipinski definition) is 4. The molecule has 1 atom stereocenters. The molecule has 0 aliphatic heterocycles. The highest BCUT2D eigenvalue weighted by Crippen LogP contribution is 2.19. The lowest BCUT2D eigenvalue weighted by atomic mass is 10.1. The Morgan fingerprint density at radius 1 is 1.50 bits per heavy atom. The van der Waals surface area contributed by atoms with E-state index in [1.165, 1.54) is 6.26 Å². The van der Waals surface area contributed by atoms with Crippen molar-refractivity contribution in [2.24, 2.45) is 0 Å². The van der Waals surface area contributed by atoms with Gasteiger partial charge in [0, 0.05) is 24.6 Å². The maximum atomic E-state index is 11.1. The lowest BCUT2D eigenvalue weighted by Gasteiger charge is -2.17. The second-order valence-electron chi connectivity index (χ2n) is 4.64. The molecule has 0 bridgehead atoms. The van der Waals surface area contributed by atoms with E-state index in [0.717, 1.165) is 24.4 Å². The molecule has 0 spiro atoms. The van der Waals surface area contributed by atoms with Crippen molar-refractivity contribution in [2.45, 2.75) is 39.3 Å². The Morgan fingerprint density at radius 3 is 2.67 bits per heavy atom. The Balaban J connectivity index is 2.71. The van der Waals surface area contributed by atoms with Crippen LogP contribution in [0.1, 0.15) is 37.2 Å². The molecular weight excluding hydrogens is 250 g/mol. The summed E-state index contributed by atoms with van der Waals surface area (Å²) in [4.78, 5) is 0. The normalized spacial score (nSPS) is 13.8. The number of hydrogen-bond donors (Lipinski definition) is 1. The molecule has 18 heavy (non-hydrogen) atoms. The summed E-state index contributed by atoms with van der Waals surface area (Å²) < 4.78 is 24.2. The average Bonchev–Trinajstić information content (AvgIpc) is 2.64. The van der Waals surface area contributed by atoms with Gasteiger partial charge in [0.25, 0.3) is 0 Å². The summed E-state index contributed by atoms with van der Waals surface area (Å²) in [5.41, 5.74) is 2.13. The van der Waals surface area contributed by atoms with E-state index in [2.05, 4.69) is 23.4 Å². The van der Waals surface area contributed by atoms with E-state index in [0.29, 0.717) is 6.42 Å². The summed E-state index contributed by atoms with van der Waals surface area (Å²) in [6, 6.07) is 2.22. The van der Waals surface area contributed by atoms with Crippen LogP contribution in [0.4, 0.5) is 0 Å². The third-order valence-corrected chi connectivity index (χ3v) is 3.98. The van der Waals surface area contributed by atoms with E-state index in [1.54, 1.807) is 0 Å². The third-order valence-electron chi connectivity index (χ3n) is 2.95. The van der Waals surface area contributed by atoms with Gasteiger partial charge in [-0.15, -0.1) is 0 Å². The maximum absolute atomic E-state index is 11.1. The molecule has 0 aliphatic carbocycles. The number of aromatic nitrogens is 2. The Labute approximate surface area is 109 Å². The Bertz CT molecular complexity index is 480. The molecule has 0 fully saturated rings. The molecule has 0 saturated heterocycles. The van der Waals surface area contributed by atoms with Crippen LogP contribution in [0.25, 0.3) is 0 Å². The van der Waals surface area contributed by atoms with Gasteiger partial charge in [0.15, 0.2) is 0 Å². The van der Waals surface area contributed by atoms with Crippen LogP contribution in [0.2, 0.25) is 0 Å². The van der Waals surface area contributed by atoms with Gasteiger partial charge in [-0.05, 0) is 39.8 Å². The largest absolute Gasteiger partial charge is 0.312 e. The van der Waals surface area contributed by atoms with Gasteiger partial charge in [0.1, 0.15) is 9.84 Å². The van der Waals surface area contributed by atoms with Gasteiger partial charge < -0.3 is 5.32 Å². The molecule has 1 aromatic heterocycles. The van der Waals surface area contributed by atoms with Gasteiger partial charge in [-0.2, -0.15) is 5.10 Å². The highest BCUT2D eigenvalue weighted by atomic mass is 32.2. The Kier molecular flexibility index (Phi) is 5.34. The molecule has 1 rings (SSSR count). The van der Waals surface area contributed by atoms with Gasteiger partial charge in [-0.25, -0.2) is 8.42 Å². The van der Waals surface area contributed by atoms with Crippen LogP contribution in [0.3, 0.4) is 0 Å². The SMILES string of the molecule is CCn1nc(C)cc1C(CCCS(C)(=O)=O)NC. The van der Waals surface area contributed by atoms with E-state index < -0.39 is 9.84 Å². The molecule has 1 N–H and O–H groups in total. The first-order chi connectivity index (χ1) is 8.37. The summed E-state index contributed by atoms with van der Waals surface area (Å²) >= 11 is 0. The molecule has 5 nitrogen and oxygen atoms in total. The molecule has 0 radical (unpaired) electrons. The van der Waals surface area contributed by atoms with E-state index in [-0.39, 0.29) is 11.8 Å². The van der Waals surface area contributed by atoms with Crippen LogP contribution in [-0.4, -0.2) is 37.3 Å². The van der Waals surface area contributed by atoms with E-state index in [4.69, 9.17) is 0 Å². The van der Waals surface area contributed by atoms with Crippen LogP contribution >= 0.6 is 0 Å². The molecule has 104 valence electrons. The fourth-order valence-corrected chi connectivity index (χ4v) is 2.78. The number of aryl methyl sites for hydroxylation is 2. The number of rotatable bonds is 7. The molecule has 1 heterocycles. The molecule has 1 aromatic rings. The minimum atomic E-state index is -2.87. The lowest BCUT2D eigenvalue weighted by molar-refractivity contribution is 0.483. The van der Waals surface area contributed by atoms with Crippen LogP contribution in [0, 0.1) is 6.92 Å². The van der Waals surface area contributed by atoms with Crippen molar-refractivity contribution in [3.05, 3.63) is 17.5 Å². The lowest BCUT2D eigenvalue weighted by Crippen LogP contribution is -2.21. The second-order valence-corrected chi connectivity index (χ2v) is 6.90. The number of nitrogens with zero attached hydrogens (tertiary/aromatic N) is 2. The van der Waals surface area contributed by atoms with Crippen molar-refractivity contribution in [3.63, 3.8) is 0 Å². The highest BCUT2D eigenvalue weighted by molar-refractivity contribution is 7.90. The summed E-state index contributed by atoms with van der Waals surface area (Å²) in [5.74, 6) is 0.241. The monoisotopic (exact) mass is 273 g/mol. The molecule has 1 unspecified atom stereocenters. The van der Waals surface area contributed by atoms with Gasteiger partial charge in [0.05, 0.1) is 11.4 Å². The van der Waals surface area contributed by atoms with Crippen molar-refractivity contribution < 1.29 is 8.42 Å². The zero-order valence-corrected chi connectivity index (χ0v) is 12.4. The summed E-state index contributed by atoms with van der Waals surface area (Å²) in [5, 5.41) is 7.65. The Hall–Kier alpha value is -0.880. The summed E-state index contributed by atoms with van der Waals surface area (Å²) in [6.45, 7) is 4.85. The quantitative estimate of drug-likeness (QED) is 0.813. The molecule has 0 saturated carbocycles. The average molecular weight is 273 g/mol. The fourth-order valence-electron chi connectivity index (χ4n) is 2.09. The first kappa shape index (κ1) is 15.2. The minimum absolute atomic E-state index is 0.160. The maximum Gasteiger partial charge on any atom is 0.147 e. The zero-order chi connectivity index (χ0) is 13.8. The Morgan fingerprint density at radius 2 is 2.17 bits per heavy atom. The molecule has 0 aliphatic rings. The van der Waals surface area contributed by atoms with Crippen molar-refractivity contribution >= 4 is 9.84 Å². The third kappa shape index (κ3) is 4.42. The second kappa shape index (κ2) is 6.33. The zero-order valence-electron chi connectivity index (χ0n) is 11.6. The molecular formula is C12H23N3O2S. The van der Waals surface area contributed by atoms with Crippen LogP contribution < -0.4 is 5.32 Å². The van der Waals surface area contributed by atoms with E-state index in [9.17, 15) is 8.42 Å². The minimum Gasteiger partial charge on any atom is -0.312 e. The smallest absolute Gasteiger partial charge is 0.147 e. The molecule has 6 heteroatoms. The van der Waals surface area contributed by atoms with Crippen molar-refractivity contribution in [2.75, 3.05) is 19.1 Å². The first-order valence-corrected chi connectivity index (χ1v) is 8.32. The van der Waals surface area contributed by atoms with Crippen LogP contribution in [-0.2, 0) is 16.4 Å². The molecule has 0 amide bonds. The summed E-state index contributed by atoms with van der Waals surface area (Å²) in [7, 11) is -0.975. The van der Waals surface area contributed by atoms with Gasteiger partial charge in [0.2, 0.25) is 0 Å².